The molecule has 0 aromatic rings. The SMILES string of the molecule is CC(OP(=O)(O)C(O)C(C)OCC(N)(CO)CO)C(O)P(=O)(O)O.CCN(CC)CC. The quantitative estimate of drug-likeness (QED) is 0.132. The van der Waals surface area contributed by atoms with Crippen molar-refractivity contribution < 1.29 is 53.5 Å². The topological polar surface area (TPSA) is 223 Å². The maximum atomic E-state index is 12.0. The minimum Gasteiger partial charge on any atom is -0.394 e. The van der Waals surface area contributed by atoms with Gasteiger partial charge >= 0.3 is 15.2 Å². The summed E-state index contributed by atoms with van der Waals surface area (Å²) in [5.74, 6) is -4.49. The lowest BCUT2D eigenvalue weighted by atomic mass is 10.1. The van der Waals surface area contributed by atoms with Gasteiger partial charge in [0.05, 0.1) is 31.5 Å². The van der Waals surface area contributed by atoms with Gasteiger partial charge in [-0.1, -0.05) is 20.8 Å². The van der Waals surface area contributed by atoms with Crippen molar-refractivity contribution in [3.8, 4) is 0 Å². The number of aliphatic hydroxyl groups is 4. The predicted octanol–water partition coefficient (Wildman–Crippen LogP) is -1.17. The van der Waals surface area contributed by atoms with E-state index < -0.39 is 64.4 Å². The Kier molecular flexibility index (Phi) is 16.1. The van der Waals surface area contributed by atoms with E-state index in [0.29, 0.717) is 0 Å². The Labute approximate surface area is 183 Å². The van der Waals surface area contributed by atoms with Gasteiger partial charge in [-0.3, -0.25) is 9.13 Å². The zero-order valence-corrected chi connectivity index (χ0v) is 20.5. The van der Waals surface area contributed by atoms with Gasteiger partial charge in [0.25, 0.3) is 0 Å². The molecule has 0 aromatic heterocycles. The summed E-state index contributed by atoms with van der Waals surface area (Å²) < 4.78 is 32.4. The molecular formula is C16H40N2O11P2. The van der Waals surface area contributed by atoms with Gasteiger partial charge in [0, 0.05) is 0 Å². The molecule has 31 heavy (non-hydrogen) atoms. The van der Waals surface area contributed by atoms with Crippen molar-refractivity contribution in [1.29, 1.82) is 0 Å². The second kappa shape index (κ2) is 15.0. The summed E-state index contributed by atoms with van der Waals surface area (Å²) in [6.07, 6.45) is -3.10. The van der Waals surface area contributed by atoms with Gasteiger partial charge < -0.3 is 55.0 Å². The molecule has 13 nitrogen and oxygen atoms in total. The number of rotatable bonds is 14. The molecule has 0 radical (unpaired) electrons. The zero-order chi connectivity index (χ0) is 25.0. The molecule has 0 amide bonds. The van der Waals surface area contributed by atoms with E-state index in [1.54, 1.807) is 0 Å². The highest BCUT2D eigenvalue weighted by atomic mass is 31.2. The van der Waals surface area contributed by atoms with E-state index >= 15 is 0 Å². The summed E-state index contributed by atoms with van der Waals surface area (Å²) in [5.41, 5.74) is 4.00. The van der Waals surface area contributed by atoms with Gasteiger partial charge in [-0.2, -0.15) is 0 Å². The van der Waals surface area contributed by atoms with Crippen LogP contribution in [-0.2, 0) is 18.4 Å². The second-order valence-electron chi connectivity index (χ2n) is 7.11. The molecule has 0 fully saturated rings. The molecular weight excluding hydrogens is 458 g/mol. The molecule has 0 aromatic carbocycles. The number of hydrogen-bond acceptors (Lipinski definition) is 10. The third-order valence-electron chi connectivity index (χ3n) is 4.44. The average Bonchev–Trinajstić information content (AvgIpc) is 2.71. The fourth-order valence-electron chi connectivity index (χ4n) is 2.09. The molecule has 15 heteroatoms. The van der Waals surface area contributed by atoms with E-state index in [4.69, 9.17) is 30.5 Å². The first kappa shape index (κ1) is 33.2. The largest absolute Gasteiger partial charge is 0.394 e. The minimum atomic E-state index is -4.98. The molecule has 0 aliphatic heterocycles. The molecule has 0 spiro atoms. The second-order valence-corrected chi connectivity index (χ2v) is 10.7. The van der Waals surface area contributed by atoms with Crippen molar-refractivity contribution in [1.82, 2.24) is 4.90 Å². The Morgan fingerprint density at radius 2 is 1.32 bits per heavy atom. The predicted molar refractivity (Wildman–Crippen MR) is 114 cm³/mol. The van der Waals surface area contributed by atoms with Crippen molar-refractivity contribution >= 4 is 15.2 Å². The maximum Gasteiger partial charge on any atom is 0.359 e. The van der Waals surface area contributed by atoms with Crippen LogP contribution >= 0.6 is 15.2 Å². The smallest absolute Gasteiger partial charge is 0.359 e. The first-order valence-corrected chi connectivity index (χ1v) is 13.1. The highest BCUT2D eigenvalue weighted by Crippen LogP contribution is 2.52. The van der Waals surface area contributed by atoms with Crippen molar-refractivity contribution in [2.75, 3.05) is 39.5 Å². The first-order valence-electron chi connectivity index (χ1n) is 9.81. The molecule has 5 unspecified atom stereocenters. The zero-order valence-electron chi connectivity index (χ0n) is 18.7. The van der Waals surface area contributed by atoms with Crippen molar-refractivity contribution in [3.63, 3.8) is 0 Å². The summed E-state index contributed by atoms with van der Waals surface area (Å²) in [6, 6.07) is 0. The van der Waals surface area contributed by atoms with Crippen LogP contribution in [0.2, 0.25) is 0 Å². The number of ether oxygens (including phenoxy) is 1. The van der Waals surface area contributed by atoms with Crippen LogP contribution in [0.4, 0.5) is 0 Å². The molecule has 190 valence electrons. The fraction of sp³-hybridized carbons (Fsp3) is 1.00. The highest BCUT2D eigenvalue weighted by molar-refractivity contribution is 7.54. The number of nitrogens with two attached hydrogens (primary N) is 1. The van der Waals surface area contributed by atoms with Crippen LogP contribution in [0, 0.1) is 0 Å². The summed E-state index contributed by atoms with van der Waals surface area (Å²) in [5, 5.41) is 37.1. The monoisotopic (exact) mass is 498 g/mol. The van der Waals surface area contributed by atoms with Crippen molar-refractivity contribution in [3.05, 3.63) is 0 Å². The fourth-order valence-corrected chi connectivity index (χ4v) is 4.13. The van der Waals surface area contributed by atoms with Crippen molar-refractivity contribution in [2.45, 2.75) is 64.1 Å². The molecule has 9 N–H and O–H groups in total. The van der Waals surface area contributed by atoms with Crippen LogP contribution in [0.15, 0.2) is 0 Å². The number of aliphatic hydroxyl groups excluding tert-OH is 4. The molecule has 0 heterocycles. The van der Waals surface area contributed by atoms with Gasteiger partial charge in [0.15, 0.2) is 11.7 Å². The molecule has 0 aliphatic rings. The highest BCUT2D eigenvalue weighted by Gasteiger charge is 2.42. The van der Waals surface area contributed by atoms with Gasteiger partial charge in [-0.05, 0) is 33.5 Å². The molecule has 0 rings (SSSR count). The molecule has 5 atom stereocenters. The number of nitrogens with zero attached hydrogens (tertiary/aromatic N) is 1. The Morgan fingerprint density at radius 1 is 0.903 bits per heavy atom. The van der Waals surface area contributed by atoms with E-state index in [0.717, 1.165) is 6.92 Å². The van der Waals surface area contributed by atoms with Gasteiger partial charge in [0.2, 0.25) is 0 Å². The van der Waals surface area contributed by atoms with Crippen LogP contribution in [0.5, 0.6) is 0 Å². The van der Waals surface area contributed by atoms with Crippen LogP contribution in [-0.4, -0.2) is 109 Å². The van der Waals surface area contributed by atoms with Crippen LogP contribution in [0.1, 0.15) is 34.6 Å². The van der Waals surface area contributed by atoms with E-state index in [-0.39, 0.29) is 0 Å². The van der Waals surface area contributed by atoms with Crippen molar-refractivity contribution in [2.24, 2.45) is 5.73 Å². The van der Waals surface area contributed by atoms with Crippen LogP contribution in [0.25, 0.3) is 0 Å². The van der Waals surface area contributed by atoms with Crippen LogP contribution in [0.3, 0.4) is 0 Å². The Balaban J connectivity index is 0. The molecule has 0 saturated heterocycles. The lowest BCUT2D eigenvalue weighted by Crippen LogP contribution is -2.52. The Morgan fingerprint density at radius 3 is 1.61 bits per heavy atom. The van der Waals surface area contributed by atoms with E-state index in [1.165, 1.54) is 26.6 Å². The lowest BCUT2D eigenvalue weighted by molar-refractivity contribution is -0.0470. The average molecular weight is 498 g/mol. The maximum absolute atomic E-state index is 12.0. The summed E-state index contributed by atoms with van der Waals surface area (Å²) in [7, 11) is -9.84. The molecule has 0 aliphatic carbocycles. The Hall–Kier alpha value is 0.0200. The molecule has 0 bridgehead atoms. The van der Waals surface area contributed by atoms with Gasteiger partial charge in [-0.15, -0.1) is 0 Å². The summed E-state index contributed by atoms with van der Waals surface area (Å²) >= 11 is 0. The summed E-state index contributed by atoms with van der Waals surface area (Å²) in [6.45, 7) is 10.5. The normalized spacial score (nSPS) is 18.5. The van der Waals surface area contributed by atoms with Gasteiger partial charge in [-0.25, -0.2) is 0 Å². The van der Waals surface area contributed by atoms with E-state index in [1.807, 2.05) is 0 Å². The first-order chi connectivity index (χ1) is 14.0. The lowest BCUT2D eigenvalue weighted by Gasteiger charge is -2.30. The van der Waals surface area contributed by atoms with Crippen LogP contribution < -0.4 is 5.73 Å². The number of hydrogen-bond donors (Lipinski definition) is 8. The minimum absolute atomic E-state index is 0.459. The third kappa shape index (κ3) is 12.7. The van der Waals surface area contributed by atoms with E-state index in [9.17, 15) is 24.2 Å². The third-order valence-corrected chi connectivity index (χ3v) is 7.27. The standard InChI is InChI=1S/C10H25NO11P2.C6H15N/c1-6(21-5-10(11,3-12)4-13)9(15)24(19,20)22-7(2)8(14)23(16,17)18;1-4-7(5-2)6-3/h6-9,12-15H,3-5,11H2,1-2H3,(H,19,20)(H2,16,17,18);4-6H2,1-3H3. The Bertz CT molecular complexity index is 564. The summed E-state index contributed by atoms with van der Waals surface area (Å²) in [4.78, 5) is 29.6. The van der Waals surface area contributed by atoms with E-state index in [2.05, 4.69) is 30.2 Å². The molecule has 0 saturated carbocycles. The van der Waals surface area contributed by atoms with Gasteiger partial charge in [0.1, 0.15) is 6.10 Å².